The van der Waals surface area contributed by atoms with Gasteiger partial charge in [-0.1, -0.05) is 11.6 Å². The molecule has 2 heterocycles. The molecule has 0 atom stereocenters. The lowest BCUT2D eigenvalue weighted by molar-refractivity contribution is -0.131. The molecular formula is C17H15ClF3N5O2. The molecule has 0 spiro atoms. The predicted octanol–water partition coefficient (Wildman–Crippen LogP) is 3.52. The number of ether oxygens (including phenoxy) is 1. The molecule has 3 N–H and O–H groups in total. The Morgan fingerprint density at radius 3 is 2.75 bits per heavy atom. The number of benzene rings is 1. The molecule has 28 heavy (non-hydrogen) atoms. The number of carbonyl (C=O) groups is 1. The Hall–Kier alpha value is -3.01. The Bertz CT molecular complexity index is 1040. The number of aromatic nitrogens is 3. The van der Waals surface area contributed by atoms with Gasteiger partial charge in [-0.3, -0.25) is 4.79 Å². The molecule has 7 nitrogen and oxygen atoms in total. The monoisotopic (exact) mass is 413 g/mol. The summed E-state index contributed by atoms with van der Waals surface area (Å²) in [6.07, 6.45) is -3.80. The lowest BCUT2D eigenvalue weighted by Crippen LogP contribution is -2.15. The van der Waals surface area contributed by atoms with Crippen molar-refractivity contribution in [3.63, 3.8) is 0 Å². The zero-order chi connectivity index (χ0) is 20.5. The van der Waals surface area contributed by atoms with E-state index in [2.05, 4.69) is 15.4 Å². The number of amides is 1. The molecule has 3 aromatic rings. The fourth-order valence-electron chi connectivity index (χ4n) is 2.65. The smallest absolute Gasteiger partial charge is 0.390 e. The molecule has 1 amide bonds. The highest BCUT2D eigenvalue weighted by Crippen LogP contribution is 2.33. The summed E-state index contributed by atoms with van der Waals surface area (Å²) in [6.45, 7) is -0.335. The molecule has 0 radical (unpaired) electrons. The van der Waals surface area contributed by atoms with Crippen LogP contribution in [0.2, 0.25) is 5.15 Å². The van der Waals surface area contributed by atoms with Gasteiger partial charge < -0.3 is 15.8 Å². The maximum absolute atomic E-state index is 12.4. The molecule has 1 aromatic carbocycles. The molecule has 11 heteroatoms. The van der Waals surface area contributed by atoms with E-state index in [9.17, 15) is 18.0 Å². The summed E-state index contributed by atoms with van der Waals surface area (Å²) in [5, 5.41) is 6.92. The molecule has 0 saturated carbocycles. The van der Waals surface area contributed by atoms with Gasteiger partial charge in [0.1, 0.15) is 5.75 Å². The summed E-state index contributed by atoms with van der Waals surface area (Å²) in [7, 11) is 1.43. The van der Waals surface area contributed by atoms with E-state index in [0.29, 0.717) is 28.3 Å². The van der Waals surface area contributed by atoms with E-state index in [1.165, 1.54) is 36.0 Å². The molecule has 2 aromatic heterocycles. The van der Waals surface area contributed by atoms with Crippen molar-refractivity contribution in [3.05, 3.63) is 41.2 Å². The van der Waals surface area contributed by atoms with E-state index in [1.807, 2.05) is 0 Å². The van der Waals surface area contributed by atoms with E-state index in [4.69, 9.17) is 22.1 Å². The molecule has 0 fully saturated rings. The van der Waals surface area contributed by atoms with Crippen LogP contribution in [-0.2, 0) is 0 Å². The number of hydrogen-bond donors (Lipinski definition) is 2. The van der Waals surface area contributed by atoms with Crippen LogP contribution in [-0.4, -0.2) is 40.3 Å². The normalized spacial score (nSPS) is 11.6. The van der Waals surface area contributed by atoms with Gasteiger partial charge in [0.05, 0.1) is 31.1 Å². The number of hydrogen-bond acceptors (Lipinski definition) is 5. The highest BCUT2D eigenvalue weighted by Gasteiger charge is 2.26. The van der Waals surface area contributed by atoms with Crippen LogP contribution in [0, 0.1) is 0 Å². The lowest BCUT2D eigenvalue weighted by Gasteiger charge is -2.12. The number of methoxy groups -OCH3 is 1. The first-order valence-corrected chi connectivity index (χ1v) is 8.40. The molecule has 0 unspecified atom stereocenters. The zero-order valence-electron chi connectivity index (χ0n) is 14.5. The number of carbonyl (C=O) groups excluding carboxylic acids is 1. The molecule has 0 aliphatic carbocycles. The highest BCUT2D eigenvalue weighted by atomic mass is 35.5. The maximum atomic E-state index is 12.4. The van der Waals surface area contributed by atoms with Crippen molar-refractivity contribution in [2.45, 2.75) is 12.6 Å². The number of alkyl halides is 3. The number of nitrogens with one attached hydrogen (secondary N) is 1. The van der Waals surface area contributed by atoms with Gasteiger partial charge in [0.2, 0.25) is 5.91 Å². The summed E-state index contributed by atoms with van der Waals surface area (Å²) in [5.74, 6) is -0.258. The molecule has 0 bridgehead atoms. The van der Waals surface area contributed by atoms with Gasteiger partial charge in [0.25, 0.3) is 0 Å². The Morgan fingerprint density at radius 2 is 2.11 bits per heavy atom. The lowest BCUT2D eigenvalue weighted by atomic mass is 10.1. The molecule has 0 saturated heterocycles. The van der Waals surface area contributed by atoms with Crippen LogP contribution in [0.5, 0.6) is 5.75 Å². The minimum atomic E-state index is -4.28. The third-order valence-electron chi connectivity index (χ3n) is 3.92. The van der Waals surface area contributed by atoms with Crippen molar-refractivity contribution < 1.29 is 22.7 Å². The summed E-state index contributed by atoms with van der Waals surface area (Å²) in [5.41, 5.74) is 7.17. The first kappa shape index (κ1) is 19.7. The van der Waals surface area contributed by atoms with Crippen molar-refractivity contribution >= 4 is 28.8 Å². The number of rotatable bonds is 6. The molecule has 0 aliphatic rings. The van der Waals surface area contributed by atoms with Gasteiger partial charge in [-0.15, -0.1) is 0 Å². The summed E-state index contributed by atoms with van der Waals surface area (Å²) < 4.78 is 43.9. The van der Waals surface area contributed by atoms with Crippen LogP contribution < -0.4 is 15.8 Å². The standard InChI is InChI=1S/C17H15ClF3N5O2/c1-28-13-6-9(15(22)27)2-3-10(13)12-8-24-16-11(7-14(18)25-26(12)16)23-5-4-17(19,20)21/h2-3,6-8,23H,4-5H2,1H3,(H2,22,27). The number of fused-ring (bicyclic) bond motifs is 1. The summed E-state index contributed by atoms with van der Waals surface area (Å²) >= 11 is 6.04. The first-order valence-electron chi connectivity index (χ1n) is 8.02. The van der Waals surface area contributed by atoms with Crippen molar-refractivity contribution in [2.75, 3.05) is 19.0 Å². The van der Waals surface area contributed by atoms with E-state index >= 15 is 0 Å². The minimum Gasteiger partial charge on any atom is -0.496 e. The summed E-state index contributed by atoms with van der Waals surface area (Å²) in [4.78, 5) is 15.6. The highest BCUT2D eigenvalue weighted by molar-refractivity contribution is 6.29. The quantitative estimate of drug-likeness (QED) is 0.644. The van der Waals surface area contributed by atoms with Crippen LogP contribution in [0.1, 0.15) is 16.8 Å². The second kappa shape index (κ2) is 7.55. The topological polar surface area (TPSA) is 94.5 Å². The van der Waals surface area contributed by atoms with E-state index in [1.54, 1.807) is 6.07 Å². The van der Waals surface area contributed by atoms with E-state index < -0.39 is 18.5 Å². The van der Waals surface area contributed by atoms with Gasteiger partial charge in [0.15, 0.2) is 10.8 Å². The number of halogens is 4. The number of nitrogens with zero attached hydrogens (tertiary/aromatic N) is 3. The molecular weight excluding hydrogens is 399 g/mol. The molecule has 0 aliphatic heterocycles. The Kier molecular flexibility index (Phi) is 5.32. The zero-order valence-corrected chi connectivity index (χ0v) is 15.3. The third kappa shape index (κ3) is 4.11. The Balaban J connectivity index is 2.04. The van der Waals surface area contributed by atoms with Gasteiger partial charge >= 0.3 is 6.18 Å². The average molecular weight is 414 g/mol. The SMILES string of the molecule is COc1cc(C(N)=O)ccc1-c1cnc2c(NCCC(F)(F)F)cc(Cl)nn12. The Morgan fingerprint density at radius 1 is 1.36 bits per heavy atom. The van der Waals surface area contributed by atoms with Crippen molar-refractivity contribution in [2.24, 2.45) is 5.73 Å². The summed E-state index contributed by atoms with van der Waals surface area (Å²) in [6, 6.07) is 6.01. The number of primary amides is 1. The largest absolute Gasteiger partial charge is 0.496 e. The van der Waals surface area contributed by atoms with Gasteiger partial charge in [0, 0.05) is 23.7 Å². The van der Waals surface area contributed by atoms with Crippen molar-refractivity contribution in [1.82, 2.24) is 14.6 Å². The van der Waals surface area contributed by atoms with Gasteiger partial charge in [-0.2, -0.15) is 18.3 Å². The predicted molar refractivity (Wildman–Crippen MR) is 97.7 cm³/mol. The maximum Gasteiger partial charge on any atom is 0.390 e. The molecule has 3 rings (SSSR count). The molecule has 148 valence electrons. The van der Waals surface area contributed by atoms with Crippen LogP contribution in [0.15, 0.2) is 30.5 Å². The number of imidazole rings is 1. The van der Waals surface area contributed by atoms with Gasteiger partial charge in [-0.05, 0) is 18.2 Å². The van der Waals surface area contributed by atoms with E-state index in [-0.39, 0.29) is 17.3 Å². The fourth-order valence-corrected chi connectivity index (χ4v) is 2.83. The average Bonchev–Trinajstić information content (AvgIpc) is 3.03. The number of nitrogens with two attached hydrogens (primary N) is 1. The van der Waals surface area contributed by atoms with Crippen LogP contribution >= 0.6 is 11.6 Å². The van der Waals surface area contributed by atoms with Crippen LogP contribution in [0.25, 0.3) is 16.9 Å². The van der Waals surface area contributed by atoms with Crippen molar-refractivity contribution in [3.8, 4) is 17.0 Å². The second-order valence-corrected chi connectivity index (χ2v) is 6.22. The van der Waals surface area contributed by atoms with Crippen molar-refractivity contribution in [1.29, 1.82) is 0 Å². The van der Waals surface area contributed by atoms with Gasteiger partial charge in [-0.25, -0.2) is 9.50 Å². The van der Waals surface area contributed by atoms with Crippen LogP contribution in [0.4, 0.5) is 18.9 Å². The first-order chi connectivity index (χ1) is 13.2. The van der Waals surface area contributed by atoms with Crippen LogP contribution in [0.3, 0.4) is 0 Å². The fraction of sp³-hybridized carbons (Fsp3) is 0.235. The number of anilines is 1. The second-order valence-electron chi connectivity index (χ2n) is 5.83. The minimum absolute atomic E-state index is 0.0639. The third-order valence-corrected chi connectivity index (χ3v) is 4.11. The Labute approximate surface area is 162 Å². The van der Waals surface area contributed by atoms with E-state index in [0.717, 1.165) is 0 Å².